The lowest BCUT2D eigenvalue weighted by Crippen LogP contribution is -2.36. The van der Waals surface area contributed by atoms with E-state index in [1.165, 1.54) is 4.88 Å². The van der Waals surface area contributed by atoms with E-state index in [9.17, 15) is 0 Å². The lowest BCUT2D eigenvalue weighted by Gasteiger charge is -2.19. The average Bonchev–Trinajstić information content (AvgIpc) is 2.63. The van der Waals surface area contributed by atoms with Crippen LogP contribution in [0.25, 0.3) is 0 Å². The molecule has 0 unspecified atom stereocenters. The molecule has 0 aromatic carbocycles. The Morgan fingerprint density at radius 1 is 1.50 bits per heavy atom. The van der Waals surface area contributed by atoms with E-state index in [1.807, 2.05) is 4.90 Å². The van der Waals surface area contributed by atoms with Gasteiger partial charge in [0.05, 0.1) is 6.54 Å². The highest BCUT2D eigenvalue weighted by atomic mass is 127. The monoisotopic (exact) mass is 417 g/mol. The third-order valence-corrected chi connectivity index (χ3v) is 3.79. The maximum Gasteiger partial charge on any atom is 0.191 e. The van der Waals surface area contributed by atoms with Gasteiger partial charge in [-0.3, -0.25) is 0 Å². The Morgan fingerprint density at radius 2 is 2.12 bits per heavy atom. The second-order valence-electron chi connectivity index (χ2n) is 3.08. The minimum absolute atomic E-state index is 0. The van der Waals surface area contributed by atoms with Crippen molar-refractivity contribution in [2.24, 2.45) is 10.7 Å². The Labute approximate surface area is 126 Å². The first-order chi connectivity index (χ1) is 7.17. The SMILES string of the molecule is CCN(CC)C(N)=NCc1cc(Br)cs1.I. The highest BCUT2D eigenvalue weighted by Crippen LogP contribution is 2.20. The van der Waals surface area contributed by atoms with Crippen LogP contribution in [-0.4, -0.2) is 23.9 Å². The zero-order valence-corrected chi connectivity index (χ0v) is 14.2. The van der Waals surface area contributed by atoms with Crippen LogP contribution in [0.3, 0.4) is 0 Å². The first-order valence-electron chi connectivity index (χ1n) is 4.95. The standard InChI is InChI=1S/C10H16BrN3S.HI/c1-3-14(4-2)10(12)13-6-9-5-8(11)7-15-9;/h5,7H,3-4,6H2,1-2H3,(H2,12,13);1H. The molecule has 0 aliphatic rings. The van der Waals surface area contributed by atoms with Crippen LogP contribution >= 0.6 is 51.2 Å². The van der Waals surface area contributed by atoms with Crippen molar-refractivity contribution in [1.82, 2.24) is 4.90 Å². The molecule has 3 nitrogen and oxygen atoms in total. The molecular formula is C10H17BrIN3S. The van der Waals surface area contributed by atoms with Crippen LogP contribution in [0, 0.1) is 0 Å². The van der Waals surface area contributed by atoms with E-state index in [0.29, 0.717) is 12.5 Å². The Hall–Kier alpha value is 0.180. The molecule has 0 spiro atoms. The molecule has 92 valence electrons. The van der Waals surface area contributed by atoms with Gasteiger partial charge in [-0.25, -0.2) is 4.99 Å². The van der Waals surface area contributed by atoms with E-state index >= 15 is 0 Å². The average molecular weight is 418 g/mol. The summed E-state index contributed by atoms with van der Waals surface area (Å²) in [6.07, 6.45) is 0. The second kappa shape index (κ2) is 8.30. The molecule has 0 atom stereocenters. The van der Waals surface area contributed by atoms with Crippen LogP contribution in [0.15, 0.2) is 20.9 Å². The van der Waals surface area contributed by atoms with E-state index in [4.69, 9.17) is 5.73 Å². The van der Waals surface area contributed by atoms with E-state index < -0.39 is 0 Å². The highest BCUT2D eigenvalue weighted by molar-refractivity contribution is 14.0. The summed E-state index contributed by atoms with van der Waals surface area (Å²) in [5.74, 6) is 0.629. The van der Waals surface area contributed by atoms with Crippen molar-refractivity contribution >= 4 is 57.2 Å². The number of nitrogens with zero attached hydrogens (tertiary/aromatic N) is 2. The molecule has 0 saturated carbocycles. The first kappa shape index (κ1) is 16.2. The summed E-state index contributed by atoms with van der Waals surface area (Å²) >= 11 is 5.11. The summed E-state index contributed by atoms with van der Waals surface area (Å²) in [7, 11) is 0. The molecule has 0 aliphatic carbocycles. The maximum absolute atomic E-state index is 5.86. The van der Waals surface area contributed by atoms with Gasteiger partial charge in [-0.05, 0) is 35.8 Å². The van der Waals surface area contributed by atoms with Crippen LogP contribution in [0.2, 0.25) is 0 Å². The second-order valence-corrected chi connectivity index (χ2v) is 4.99. The van der Waals surface area contributed by atoms with Gasteiger partial charge in [-0.1, -0.05) is 0 Å². The lowest BCUT2D eigenvalue weighted by atomic mass is 10.5. The van der Waals surface area contributed by atoms with Crippen LogP contribution < -0.4 is 5.73 Å². The van der Waals surface area contributed by atoms with E-state index in [2.05, 4.69) is 46.2 Å². The number of nitrogens with two attached hydrogens (primary N) is 1. The van der Waals surface area contributed by atoms with Crippen LogP contribution in [0.5, 0.6) is 0 Å². The quantitative estimate of drug-likeness (QED) is 0.464. The van der Waals surface area contributed by atoms with Crippen molar-refractivity contribution in [2.75, 3.05) is 13.1 Å². The molecule has 2 N–H and O–H groups in total. The predicted molar refractivity (Wildman–Crippen MR) is 85.7 cm³/mol. The number of thiophene rings is 1. The summed E-state index contributed by atoms with van der Waals surface area (Å²) in [6.45, 7) is 6.62. The minimum atomic E-state index is 0. The molecule has 16 heavy (non-hydrogen) atoms. The van der Waals surface area contributed by atoms with Gasteiger partial charge in [-0.15, -0.1) is 35.3 Å². The molecule has 6 heteroatoms. The molecular weight excluding hydrogens is 401 g/mol. The molecule has 0 fully saturated rings. The summed E-state index contributed by atoms with van der Waals surface area (Å²) in [5, 5.41) is 2.05. The molecule has 1 aromatic rings. The smallest absolute Gasteiger partial charge is 0.191 e. The Morgan fingerprint density at radius 3 is 2.56 bits per heavy atom. The molecule has 0 aliphatic heterocycles. The molecule has 1 aromatic heterocycles. The molecule has 1 heterocycles. The number of guanidine groups is 1. The van der Waals surface area contributed by atoms with Crippen molar-refractivity contribution in [3.8, 4) is 0 Å². The number of aliphatic imine (C=N–C) groups is 1. The van der Waals surface area contributed by atoms with Crippen LogP contribution in [0.4, 0.5) is 0 Å². The van der Waals surface area contributed by atoms with Gasteiger partial charge in [0.1, 0.15) is 0 Å². The van der Waals surface area contributed by atoms with Crippen LogP contribution in [-0.2, 0) is 6.54 Å². The summed E-state index contributed by atoms with van der Waals surface area (Å²) in [6, 6.07) is 2.07. The van der Waals surface area contributed by atoms with Crippen molar-refractivity contribution in [1.29, 1.82) is 0 Å². The fourth-order valence-corrected chi connectivity index (χ4v) is 2.62. The van der Waals surface area contributed by atoms with Gasteiger partial charge in [0.2, 0.25) is 0 Å². The summed E-state index contributed by atoms with van der Waals surface area (Å²) < 4.78 is 1.11. The normalized spacial score (nSPS) is 11.1. The van der Waals surface area contributed by atoms with Gasteiger partial charge in [-0.2, -0.15) is 0 Å². The van der Waals surface area contributed by atoms with Gasteiger partial charge >= 0.3 is 0 Å². The van der Waals surface area contributed by atoms with Crippen LogP contribution in [0.1, 0.15) is 18.7 Å². The minimum Gasteiger partial charge on any atom is -0.370 e. The molecule has 1 rings (SSSR count). The van der Waals surface area contributed by atoms with Crippen molar-refractivity contribution in [3.63, 3.8) is 0 Å². The van der Waals surface area contributed by atoms with Gasteiger partial charge < -0.3 is 10.6 Å². The molecule has 0 bridgehead atoms. The molecule has 0 amide bonds. The summed E-state index contributed by atoms with van der Waals surface area (Å²) in [4.78, 5) is 7.62. The zero-order valence-electron chi connectivity index (χ0n) is 9.44. The number of halogens is 2. The topological polar surface area (TPSA) is 41.6 Å². The number of hydrogen-bond acceptors (Lipinski definition) is 2. The fraction of sp³-hybridized carbons (Fsp3) is 0.500. The van der Waals surface area contributed by atoms with E-state index in [0.717, 1.165) is 17.6 Å². The lowest BCUT2D eigenvalue weighted by molar-refractivity contribution is 0.458. The molecule has 0 radical (unpaired) electrons. The Balaban J connectivity index is 0.00000225. The van der Waals surface area contributed by atoms with Crippen molar-refractivity contribution in [3.05, 3.63) is 20.8 Å². The largest absolute Gasteiger partial charge is 0.370 e. The van der Waals surface area contributed by atoms with E-state index in [-0.39, 0.29) is 24.0 Å². The maximum atomic E-state index is 5.86. The van der Waals surface area contributed by atoms with E-state index in [1.54, 1.807) is 11.3 Å². The predicted octanol–water partition coefficient (Wildman–Crippen LogP) is 3.29. The van der Waals surface area contributed by atoms with Gasteiger partial charge in [0.25, 0.3) is 0 Å². The van der Waals surface area contributed by atoms with Crippen molar-refractivity contribution < 1.29 is 0 Å². The number of rotatable bonds is 4. The highest BCUT2D eigenvalue weighted by Gasteiger charge is 2.02. The van der Waals surface area contributed by atoms with Gasteiger partial charge in [0.15, 0.2) is 5.96 Å². The van der Waals surface area contributed by atoms with Crippen molar-refractivity contribution in [2.45, 2.75) is 20.4 Å². The third kappa shape index (κ3) is 5.01. The zero-order chi connectivity index (χ0) is 11.3. The van der Waals surface area contributed by atoms with Gasteiger partial charge in [0, 0.05) is 27.8 Å². The Bertz CT molecular complexity index is 337. The fourth-order valence-electron chi connectivity index (χ4n) is 1.24. The summed E-state index contributed by atoms with van der Waals surface area (Å²) in [5.41, 5.74) is 5.86. The molecule has 0 saturated heterocycles. The Kier molecular flexibility index (Phi) is 8.39. The third-order valence-electron chi connectivity index (χ3n) is 2.11. The first-order valence-corrected chi connectivity index (χ1v) is 6.62. The number of hydrogen-bond donors (Lipinski definition) is 1.